The predicted octanol–water partition coefficient (Wildman–Crippen LogP) is 4.58. The Labute approximate surface area is 184 Å². The van der Waals surface area contributed by atoms with Gasteiger partial charge < -0.3 is 9.73 Å². The molecule has 3 N–H and O–H groups in total. The van der Waals surface area contributed by atoms with Gasteiger partial charge in [-0.05, 0) is 60.7 Å². The van der Waals surface area contributed by atoms with E-state index in [1.54, 1.807) is 12.1 Å². The van der Waals surface area contributed by atoms with Gasteiger partial charge in [0.1, 0.15) is 17.3 Å². The number of primary sulfonamides is 1. The van der Waals surface area contributed by atoms with Gasteiger partial charge in [-0.3, -0.25) is 4.57 Å². The topological polar surface area (TPSA) is 103 Å². The normalized spacial score (nSPS) is 15.2. The lowest BCUT2D eigenvalue weighted by atomic mass is 10.1. The van der Waals surface area contributed by atoms with E-state index in [4.69, 9.17) is 14.5 Å². The van der Waals surface area contributed by atoms with Crippen molar-refractivity contribution in [1.82, 2.24) is 9.55 Å². The Morgan fingerprint density at radius 3 is 2.47 bits per heavy atom. The zero-order valence-electron chi connectivity index (χ0n) is 16.8. The van der Waals surface area contributed by atoms with E-state index >= 15 is 0 Å². The van der Waals surface area contributed by atoms with Crippen LogP contribution in [-0.4, -0.2) is 18.0 Å². The molecule has 1 aliphatic heterocycles. The Kier molecular flexibility index (Phi) is 4.01. The van der Waals surface area contributed by atoms with Crippen LogP contribution < -0.4 is 10.5 Å². The molecule has 8 heteroatoms. The minimum Gasteiger partial charge on any atom is -0.457 e. The van der Waals surface area contributed by atoms with E-state index in [9.17, 15) is 8.42 Å². The summed E-state index contributed by atoms with van der Waals surface area (Å²) in [7, 11) is -3.74. The molecule has 0 amide bonds. The lowest BCUT2D eigenvalue weighted by Crippen LogP contribution is -2.24. The maximum absolute atomic E-state index is 11.5. The maximum atomic E-state index is 11.5. The van der Waals surface area contributed by atoms with Crippen LogP contribution in [0.25, 0.3) is 33.7 Å². The summed E-state index contributed by atoms with van der Waals surface area (Å²) in [6.45, 7) is 0. The number of benzene rings is 3. The highest BCUT2D eigenvalue weighted by molar-refractivity contribution is 7.89. The summed E-state index contributed by atoms with van der Waals surface area (Å²) in [6, 6.07) is 26.2. The second-order valence-corrected chi connectivity index (χ2v) is 9.22. The number of imidazole rings is 1. The van der Waals surface area contributed by atoms with Crippen molar-refractivity contribution in [3.8, 4) is 22.7 Å². The first kappa shape index (κ1) is 18.9. The second kappa shape index (κ2) is 6.81. The summed E-state index contributed by atoms with van der Waals surface area (Å²) in [4.78, 5) is 4.94. The Hall–Kier alpha value is -3.88. The maximum Gasteiger partial charge on any atom is 0.238 e. The van der Waals surface area contributed by atoms with E-state index < -0.39 is 10.0 Å². The molecular formula is C24H18N4O3S. The van der Waals surface area contributed by atoms with Crippen molar-refractivity contribution in [2.24, 2.45) is 5.14 Å². The number of nitrogens with two attached hydrogens (primary N) is 1. The van der Waals surface area contributed by atoms with Crippen LogP contribution in [-0.2, 0) is 10.0 Å². The number of furan rings is 1. The highest BCUT2D eigenvalue weighted by atomic mass is 32.2. The Morgan fingerprint density at radius 2 is 1.66 bits per heavy atom. The fraction of sp³-hybridized carbons (Fsp3) is 0.0417. The second-order valence-electron chi connectivity index (χ2n) is 7.66. The van der Waals surface area contributed by atoms with Gasteiger partial charge in [-0.15, -0.1) is 0 Å². The van der Waals surface area contributed by atoms with Gasteiger partial charge >= 0.3 is 0 Å². The molecule has 0 radical (unpaired) electrons. The number of anilines is 1. The smallest absolute Gasteiger partial charge is 0.238 e. The zero-order valence-corrected chi connectivity index (χ0v) is 17.6. The number of nitrogens with one attached hydrogen (secondary N) is 1. The molecule has 0 bridgehead atoms. The van der Waals surface area contributed by atoms with Gasteiger partial charge in [-0.25, -0.2) is 18.5 Å². The van der Waals surface area contributed by atoms with Crippen LogP contribution in [0.2, 0.25) is 0 Å². The quantitative estimate of drug-likeness (QED) is 0.426. The van der Waals surface area contributed by atoms with E-state index in [1.165, 1.54) is 12.1 Å². The predicted molar refractivity (Wildman–Crippen MR) is 122 cm³/mol. The van der Waals surface area contributed by atoms with E-state index in [2.05, 4.69) is 16.0 Å². The Balaban J connectivity index is 1.46. The molecule has 0 spiro atoms. The molecule has 5 aromatic rings. The summed E-state index contributed by atoms with van der Waals surface area (Å²) < 4.78 is 31.4. The standard InChI is InChI=1S/C24H18N4O3S/c25-32(29,30)16-11-9-15(10-12-16)21-13-14-22(31-21)24-26-18-6-2-1-5-17(18)23-27-19-7-3-4-8-20(19)28(23)24/h1-14,24,26H,(H2,25,29,30)/t24-/m0/s1. The van der Waals surface area contributed by atoms with Crippen LogP contribution in [0.4, 0.5) is 5.69 Å². The largest absolute Gasteiger partial charge is 0.457 e. The first-order valence-corrected chi connectivity index (χ1v) is 11.6. The summed E-state index contributed by atoms with van der Waals surface area (Å²) in [6.07, 6.45) is -0.287. The first-order chi connectivity index (χ1) is 15.5. The van der Waals surface area contributed by atoms with E-state index in [-0.39, 0.29) is 11.1 Å². The number of fused-ring (bicyclic) bond motifs is 5. The number of aromatic nitrogens is 2. The van der Waals surface area contributed by atoms with Gasteiger partial charge in [0.25, 0.3) is 0 Å². The van der Waals surface area contributed by atoms with Gasteiger partial charge in [0.2, 0.25) is 10.0 Å². The molecule has 6 rings (SSSR count). The fourth-order valence-electron chi connectivity index (χ4n) is 4.17. The van der Waals surface area contributed by atoms with Crippen LogP contribution in [0.3, 0.4) is 0 Å². The molecule has 3 heterocycles. The monoisotopic (exact) mass is 442 g/mol. The van der Waals surface area contributed by atoms with Gasteiger partial charge in [0.05, 0.1) is 15.9 Å². The first-order valence-electron chi connectivity index (χ1n) is 10.0. The molecule has 0 fully saturated rings. The Morgan fingerprint density at radius 1 is 0.906 bits per heavy atom. The molecular weight excluding hydrogens is 424 g/mol. The number of hydrogen-bond donors (Lipinski definition) is 2. The molecule has 1 atom stereocenters. The molecule has 0 unspecified atom stereocenters. The molecule has 32 heavy (non-hydrogen) atoms. The van der Waals surface area contributed by atoms with Crippen LogP contribution in [0.5, 0.6) is 0 Å². The van der Waals surface area contributed by atoms with Gasteiger partial charge in [0, 0.05) is 16.8 Å². The third-order valence-electron chi connectivity index (χ3n) is 5.68. The lowest BCUT2D eigenvalue weighted by Gasteiger charge is -2.28. The van der Waals surface area contributed by atoms with Gasteiger partial charge in [0.15, 0.2) is 6.17 Å². The van der Waals surface area contributed by atoms with Crippen LogP contribution in [0, 0.1) is 0 Å². The van der Waals surface area contributed by atoms with Crippen LogP contribution in [0.1, 0.15) is 11.9 Å². The number of nitrogens with zero attached hydrogens (tertiary/aromatic N) is 2. The van der Waals surface area contributed by atoms with Crippen LogP contribution in [0.15, 0.2) is 94.2 Å². The van der Waals surface area contributed by atoms with Crippen molar-refractivity contribution < 1.29 is 12.8 Å². The van der Waals surface area contributed by atoms with Crippen molar-refractivity contribution in [3.05, 3.63) is 90.7 Å². The molecule has 0 aliphatic carbocycles. The summed E-state index contributed by atoms with van der Waals surface area (Å²) >= 11 is 0. The van der Waals surface area contributed by atoms with Crippen molar-refractivity contribution in [1.29, 1.82) is 0 Å². The highest BCUT2D eigenvalue weighted by Crippen LogP contribution is 2.41. The highest BCUT2D eigenvalue weighted by Gasteiger charge is 2.30. The van der Waals surface area contributed by atoms with E-state index in [0.29, 0.717) is 5.76 Å². The third-order valence-corrected chi connectivity index (χ3v) is 6.61. The molecule has 3 aromatic carbocycles. The van der Waals surface area contributed by atoms with Crippen molar-refractivity contribution >= 4 is 26.7 Å². The number of rotatable bonds is 3. The minimum atomic E-state index is -3.74. The number of sulfonamides is 1. The molecule has 7 nitrogen and oxygen atoms in total. The minimum absolute atomic E-state index is 0.0631. The molecule has 1 aliphatic rings. The third kappa shape index (κ3) is 2.92. The van der Waals surface area contributed by atoms with Gasteiger partial charge in [-0.1, -0.05) is 24.3 Å². The molecule has 158 valence electrons. The van der Waals surface area contributed by atoms with Crippen molar-refractivity contribution in [3.63, 3.8) is 0 Å². The fourth-order valence-corrected chi connectivity index (χ4v) is 4.69. The lowest BCUT2D eigenvalue weighted by molar-refractivity contribution is 0.465. The van der Waals surface area contributed by atoms with E-state index in [1.807, 2.05) is 54.6 Å². The summed E-state index contributed by atoms with van der Waals surface area (Å²) in [5.41, 5.74) is 4.69. The van der Waals surface area contributed by atoms with Gasteiger partial charge in [-0.2, -0.15) is 0 Å². The zero-order chi connectivity index (χ0) is 21.9. The average molecular weight is 443 g/mol. The van der Waals surface area contributed by atoms with Crippen molar-refractivity contribution in [2.45, 2.75) is 11.1 Å². The number of para-hydroxylation sites is 3. The summed E-state index contributed by atoms with van der Waals surface area (Å²) in [5, 5.41) is 8.77. The molecule has 2 aromatic heterocycles. The van der Waals surface area contributed by atoms with E-state index in [0.717, 1.165) is 39.4 Å². The number of hydrogen-bond acceptors (Lipinski definition) is 5. The Bertz CT molecular complexity index is 1580. The van der Waals surface area contributed by atoms with Crippen molar-refractivity contribution in [2.75, 3.05) is 5.32 Å². The summed E-state index contributed by atoms with van der Waals surface area (Å²) in [5.74, 6) is 2.23. The molecule has 0 saturated carbocycles. The average Bonchev–Trinajstić information content (AvgIpc) is 3.44. The molecule has 0 saturated heterocycles. The van der Waals surface area contributed by atoms with Crippen LogP contribution >= 0.6 is 0 Å². The SMILES string of the molecule is NS(=O)(=O)c1ccc(-c2ccc([C@H]3Nc4ccccc4-c4nc5ccccc5n43)o2)cc1.